The van der Waals surface area contributed by atoms with Crippen LogP contribution >= 0.6 is 12.6 Å². The second-order valence-electron chi connectivity index (χ2n) is 5.07. The average Bonchev–Trinajstić information content (AvgIpc) is 2.51. The van der Waals surface area contributed by atoms with Crippen LogP contribution in [0.25, 0.3) is 0 Å². The van der Waals surface area contributed by atoms with Gasteiger partial charge in [0, 0.05) is 30.8 Å². The third-order valence-electron chi connectivity index (χ3n) is 2.94. The van der Waals surface area contributed by atoms with E-state index >= 15 is 0 Å². The van der Waals surface area contributed by atoms with E-state index in [2.05, 4.69) is 45.5 Å². The fraction of sp³-hybridized carbons (Fsp3) is 0.625. The summed E-state index contributed by atoms with van der Waals surface area (Å²) in [6.07, 6.45) is 2.90. The Labute approximate surface area is 135 Å². The number of thiol groups is 1. The third kappa shape index (κ3) is 6.97. The molecule has 1 rings (SSSR count). The second kappa shape index (κ2) is 10.4. The molecule has 0 aliphatic heterocycles. The molecule has 5 heteroatoms. The quantitative estimate of drug-likeness (QED) is 0.485. The van der Waals surface area contributed by atoms with Crippen LogP contribution in [0.15, 0.2) is 29.2 Å². The maximum atomic E-state index is 6.09. The first-order valence-corrected chi connectivity index (χ1v) is 10.2. The summed E-state index contributed by atoms with van der Waals surface area (Å²) in [4.78, 5) is 0.962. The molecule has 1 aromatic rings. The smallest absolute Gasteiger partial charge is 0.373 e. The Hall–Kier alpha value is -0.333. The molecule has 0 aliphatic carbocycles. The molecule has 0 amide bonds. The Morgan fingerprint density at radius 1 is 0.810 bits per heavy atom. The summed E-state index contributed by atoms with van der Waals surface area (Å²) in [5.41, 5.74) is 1.18. The van der Waals surface area contributed by atoms with Gasteiger partial charge >= 0.3 is 8.80 Å². The predicted molar refractivity (Wildman–Crippen MR) is 91.9 cm³/mol. The lowest BCUT2D eigenvalue weighted by Gasteiger charge is -2.29. The van der Waals surface area contributed by atoms with Gasteiger partial charge < -0.3 is 13.3 Å². The fourth-order valence-corrected chi connectivity index (χ4v) is 4.90. The van der Waals surface area contributed by atoms with Crippen LogP contribution in [0.5, 0.6) is 0 Å². The minimum absolute atomic E-state index is 0.685. The van der Waals surface area contributed by atoms with Crippen molar-refractivity contribution >= 4 is 21.4 Å². The Morgan fingerprint density at radius 2 is 1.24 bits per heavy atom. The fourth-order valence-electron chi connectivity index (χ4n) is 1.91. The van der Waals surface area contributed by atoms with Crippen molar-refractivity contribution in [2.24, 2.45) is 0 Å². The average molecular weight is 329 g/mol. The van der Waals surface area contributed by atoms with Crippen molar-refractivity contribution in [2.75, 3.05) is 19.8 Å². The van der Waals surface area contributed by atoms with Crippen molar-refractivity contribution in [3.8, 4) is 0 Å². The molecule has 0 spiro atoms. The lowest BCUT2D eigenvalue weighted by molar-refractivity contribution is 0.0583. The van der Waals surface area contributed by atoms with Gasteiger partial charge in [-0.1, -0.05) is 32.9 Å². The van der Waals surface area contributed by atoms with Gasteiger partial charge in [0.15, 0.2) is 0 Å². The minimum atomic E-state index is -2.64. The third-order valence-corrected chi connectivity index (χ3v) is 6.01. The van der Waals surface area contributed by atoms with Crippen LogP contribution in [-0.4, -0.2) is 28.6 Å². The van der Waals surface area contributed by atoms with Gasteiger partial charge in [0.2, 0.25) is 0 Å². The lowest BCUT2D eigenvalue weighted by atomic mass is 10.2. The molecule has 0 bridgehead atoms. The van der Waals surface area contributed by atoms with E-state index in [4.69, 9.17) is 13.3 Å². The molecule has 0 atom stereocenters. The zero-order valence-corrected chi connectivity index (χ0v) is 15.3. The molecule has 0 fully saturated rings. The van der Waals surface area contributed by atoms with Gasteiger partial charge in [-0.25, -0.2) is 0 Å². The zero-order valence-electron chi connectivity index (χ0n) is 13.4. The van der Waals surface area contributed by atoms with Crippen molar-refractivity contribution in [2.45, 2.75) is 51.0 Å². The van der Waals surface area contributed by atoms with Crippen LogP contribution in [0.2, 0.25) is 0 Å². The summed E-state index contributed by atoms with van der Waals surface area (Å²) in [6.45, 7) is 8.37. The molecule has 3 nitrogen and oxygen atoms in total. The van der Waals surface area contributed by atoms with Crippen molar-refractivity contribution in [1.82, 2.24) is 0 Å². The highest BCUT2D eigenvalue weighted by Gasteiger charge is 2.41. The van der Waals surface area contributed by atoms with Crippen molar-refractivity contribution in [1.29, 1.82) is 0 Å². The van der Waals surface area contributed by atoms with E-state index in [1.165, 1.54) is 5.56 Å². The monoisotopic (exact) mass is 328 g/mol. The maximum Gasteiger partial charge on any atom is 0.505 e. The van der Waals surface area contributed by atoms with Crippen LogP contribution in [0.3, 0.4) is 0 Å². The van der Waals surface area contributed by atoms with Crippen LogP contribution in [0.4, 0.5) is 0 Å². The van der Waals surface area contributed by atoms with Gasteiger partial charge in [-0.2, -0.15) is 0 Å². The number of benzene rings is 1. The molecule has 0 heterocycles. The predicted octanol–water partition coefficient (Wildman–Crippen LogP) is 4.28. The van der Waals surface area contributed by atoms with Crippen molar-refractivity contribution < 1.29 is 13.3 Å². The minimum Gasteiger partial charge on any atom is -0.373 e. The van der Waals surface area contributed by atoms with Crippen molar-refractivity contribution in [3.63, 3.8) is 0 Å². The van der Waals surface area contributed by atoms with Gasteiger partial charge in [-0.15, -0.1) is 12.6 Å². The van der Waals surface area contributed by atoms with E-state index in [9.17, 15) is 0 Å². The Balaban J connectivity index is 2.85. The second-order valence-corrected chi connectivity index (χ2v) is 8.17. The van der Waals surface area contributed by atoms with E-state index < -0.39 is 8.80 Å². The number of rotatable bonds is 11. The molecule has 0 aromatic heterocycles. The zero-order chi connectivity index (χ0) is 15.6. The van der Waals surface area contributed by atoms with Gasteiger partial charge in [-0.05, 0) is 37.0 Å². The Kier molecular flexibility index (Phi) is 9.27. The highest BCUT2D eigenvalue weighted by Crippen LogP contribution is 2.19. The highest BCUT2D eigenvalue weighted by atomic mass is 32.1. The Morgan fingerprint density at radius 3 is 1.62 bits per heavy atom. The first-order valence-electron chi connectivity index (χ1n) is 7.85. The van der Waals surface area contributed by atoms with Crippen LogP contribution < -0.4 is 0 Å². The summed E-state index contributed by atoms with van der Waals surface area (Å²) in [7, 11) is -2.64. The first-order chi connectivity index (χ1) is 10.2. The molecule has 0 unspecified atom stereocenters. The van der Waals surface area contributed by atoms with E-state index in [0.717, 1.165) is 30.2 Å². The lowest BCUT2D eigenvalue weighted by Crippen LogP contribution is -2.49. The number of hydrogen-bond donors (Lipinski definition) is 1. The van der Waals surface area contributed by atoms with E-state index in [0.29, 0.717) is 19.8 Å². The molecule has 0 N–H and O–H groups in total. The SMILES string of the molecule is CCCO[Si](Cc1ccc(S)cc1)(OCCC)OCCC. The van der Waals surface area contributed by atoms with E-state index in [1.807, 2.05) is 12.1 Å². The maximum absolute atomic E-state index is 6.09. The van der Waals surface area contributed by atoms with Crippen LogP contribution in [-0.2, 0) is 19.3 Å². The van der Waals surface area contributed by atoms with Crippen LogP contribution in [0, 0.1) is 0 Å². The first kappa shape index (κ1) is 18.7. The summed E-state index contributed by atoms with van der Waals surface area (Å²) in [5, 5.41) is 0. The van der Waals surface area contributed by atoms with Gasteiger partial charge in [0.05, 0.1) is 0 Å². The molecular formula is C16H28O3SSi. The summed E-state index contributed by atoms with van der Waals surface area (Å²) >= 11 is 4.33. The number of hydrogen-bond acceptors (Lipinski definition) is 4. The summed E-state index contributed by atoms with van der Waals surface area (Å²) in [6, 6.07) is 8.86. The van der Waals surface area contributed by atoms with Crippen LogP contribution in [0.1, 0.15) is 45.6 Å². The standard InChI is InChI=1S/C16H28O3SSi/c1-4-11-17-21(18-12-5-2,19-13-6-3)14-15-7-9-16(20)10-8-15/h7-10,20H,4-6,11-14H2,1-3H3. The molecule has 0 radical (unpaired) electrons. The van der Waals surface area contributed by atoms with E-state index in [1.54, 1.807) is 0 Å². The molecule has 21 heavy (non-hydrogen) atoms. The van der Waals surface area contributed by atoms with Gasteiger partial charge in [-0.3, -0.25) is 0 Å². The van der Waals surface area contributed by atoms with Gasteiger partial charge in [0.1, 0.15) is 0 Å². The largest absolute Gasteiger partial charge is 0.505 e. The van der Waals surface area contributed by atoms with Crippen molar-refractivity contribution in [3.05, 3.63) is 29.8 Å². The molecule has 120 valence electrons. The molecule has 0 saturated carbocycles. The van der Waals surface area contributed by atoms with Gasteiger partial charge in [0.25, 0.3) is 0 Å². The molecular weight excluding hydrogens is 300 g/mol. The molecule has 0 saturated heterocycles. The molecule has 1 aromatic carbocycles. The van der Waals surface area contributed by atoms with E-state index in [-0.39, 0.29) is 0 Å². The topological polar surface area (TPSA) is 27.7 Å². The normalized spacial score (nSPS) is 11.8. The summed E-state index contributed by atoms with van der Waals surface area (Å²) in [5.74, 6) is 0. The molecule has 0 aliphatic rings. The highest BCUT2D eigenvalue weighted by molar-refractivity contribution is 7.80. The Bertz CT molecular complexity index is 362. The summed E-state index contributed by atoms with van der Waals surface area (Å²) < 4.78 is 18.3.